The second-order valence-corrected chi connectivity index (χ2v) is 6.02. The van der Waals surface area contributed by atoms with Crippen LogP contribution >= 0.6 is 31.4 Å². The molecule has 1 rings (SSSR count). The lowest BCUT2D eigenvalue weighted by Crippen LogP contribution is -1.74. The van der Waals surface area contributed by atoms with Crippen molar-refractivity contribution in [3.05, 3.63) is 11.5 Å². The Morgan fingerprint density at radius 2 is 2.22 bits per heavy atom. The molecule has 0 aromatic rings. The Morgan fingerprint density at radius 3 is 3.22 bits per heavy atom. The molecule has 0 aliphatic carbocycles. The second-order valence-electron chi connectivity index (χ2n) is 1.85. The van der Waals surface area contributed by atoms with Crippen molar-refractivity contribution in [3.8, 4) is 0 Å². The van der Waals surface area contributed by atoms with Gasteiger partial charge < -0.3 is 0 Å². The predicted octanol–water partition coefficient (Wildman–Crippen LogP) is 3.71. The molecule has 0 saturated heterocycles. The van der Waals surface area contributed by atoms with Crippen LogP contribution in [0.2, 0.25) is 0 Å². The van der Waals surface area contributed by atoms with E-state index in [2.05, 4.69) is 11.5 Å². The number of hydrogen-bond acceptors (Lipinski definition) is 3. The molecule has 0 nitrogen and oxygen atoms in total. The Balaban J connectivity index is 2.15. The molecule has 0 amide bonds. The first-order valence-electron chi connectivity index (χ1n) is 3.10. The summed E-state index contributed by atoms with van der Waals surface area (Å²) in [6.07, 6.45) is 6.28. The first kappa shape index (κ1) is 7.89. The van der Waals surface area contributed by atoms with Crippen LogP contribution in [0, 0.1) is 0 Å². The van der Waals surface area contributed by atoms with Gasteiger partial charge in [0.2, 0.25) is 0 Å². The summed E-state index contributed by atoms with van der Waals surface area (Å²) in [5, 5.41) is 2.20. The molecule has 0 saturated carbocycles. The molecule has 0 fully saturated rings. The fourth-order valence-corrected chi connectivity index (χ4v) is 3.94. The van der Waals surface area contributed by atoms with Gasteiger partial charge in [-0.15, -0.1) is 0 Å². The normalized spacial score (nSPS) is 22.2. The summed E-state index contributed by atoms with van der Waals surface area (Å²) < 4.78 is 0. The van der Waals surface area contributed by atoms with Crippen LogP contribution in [0.4, 0.5) is 0 Å². The largest absolute Gasteiger partial charge is 0.0822 e. The molecule has 1 aliphatic rings. The van der Waals surface area contributed by atoms with Crippen LogP contribution in [0.5, 0.6) is 0 Å². The lowest BCUT2D eigenvalue weighted by molar-refractivity contribution is 0.825. The molecule has 0 aromatic carbocycles. The maximum atomic E-state index is 2.27. The van der Waals surface area contributed by atoms with Gasteiger partial charge in [-0.2, -0.15) is 0 Å². The minimum atomic E-state index is 1.27. The average Bonchev–Trinajstić information content (AvgIpc) is 2.00. The number of rotatable bonds is 0. The lowest BCUT2D eigenvalue weighted by atomic mass is 10.2. The van der Waals surface area contributed by atoms with E-state index in [9.17, 15) is 0 Å². The highest BCUT2D eigenvalue weighted by atomic mass is 33.5. The Hall–Kier alpha value is 0.790. The van der Waals surface area contributed by atoms with Crippen molar-refractivity contribution >= 4 is 31.4 Å². The van der Waals surface area contributed by atoms with E-state index < -0.39 is 0 Å². The zero-order chi connectivity index (χ0) is 6.36. The second kappa shape index (κ2) is 5.57. The van der Waals surface area contributed by atoms with E-state index in [4.69, 9.17) is 0 Å². The predicted molar refractivity (Wildman–Crippen MR) is 50.6 cm³/mol. The molecule has 0 unspecified atom stereocenters. The Labute approximate surface area is 68.0 Å². The highest BCUT2D eigenvalue weighted by Gasteiger charge is 1.92. The van der Waals surface area contributed by atoms with E-state index in [1.165, 1.54) is 25.0 Å². The first-order chi connectivity index (χ1) is 4.50. The van der Waals surface area contributed by atoms with Gasteiger partial charge in [0.15, 0.2) is 0 Å². The molecule has 0 N–H and O–H groups in total. The van der Waals surface area contributed by atoms with Crippen molar-refractivity contribution in [1.29, 1.82) is 0 Å². The third kappa shape index (κ3) is 4.23. The van der Waals surface area contributed by atoms with Gasteiger partial charge in [-0.1, -0.05) is 27.7 Å². The Bertz CT molecular complexity index is 80.3. The first-order valence-corrected chi connectivity index (χ1v) is 6.81. The standard InChI is InChI=1S/C6H10S3/c1-2-4-6-8-9-7-5-3-1/h3,5H,1-2,4,6H2. The highest BCUT2D eigenvalue weighted by molar-refractivity contribution is 9.09. The van der Waals surface area contributed by atoms with Gasteiger partial charge >= 0.3 is 0 Å². The smallest absolute Gasteiger partial charge is 0.00453 e. The van der Waals surface area contributed by atoms with Gasteiger partial charge in [0, 0.05) is 5.75 Å². The quantitative estimate of drug-likeness (QED) is 0.519. The molecule has 0 aromatic heterocycles. The average molecular weight is 178 g/mol. The molecular weight excluding hydrogens is 168 g/mol. The van der Waals surface area contributed by atoms with Gasteiger partial charge in [-0.05, 0) is 34.5 Å². The molecule has 0 bridgehead atoms. The van der Waals surface area contributed by atoms with E-state index in [1.807, 2.05) is 31.4 Å². The Kier molecular flexibility index (Phi) is 4.88. The minimum absolute atomic E-state index is 1.27. The maximum absolute atomic E-state index is 2.27. The molecule has 3 heteroatoms. The molecule has 52 valence electrons. The molecule has 1 aliphatic heterocycles. The molecule has 9 heavy (non-hydrogen) atoms. The van der Waals surface area contributed by atoms with Crippen molar-refractivity contribution in [1.82, 2.24) is 0 Å². The van der Waals surface area contributed by atoms with Gasteiger partial charge in [0.1, 0.15) is 0 Å². The lowest BCUT2D eigenvalue weighted by Gasteiger charge is -1.92. The SMILES string of the molecule is C1=CSSSCCCC1. The maximum Gasteiger partial charge on any atom is 0.00453 e. The van der Waals surface area contributed by atoms with E-state index in [1.54, 1.807) is 0 Å². The third-order valence-electron chi connectivity index (χ3n) is 1.09. The van der Waals surface area contributed by atoms with E-state index in [-0.39, 0.29) is 0 Å². The zero-order valence-electron chi connectivity index (χ0n) is 5.21. The highest BCUT2D eigenvalue weighted by Crippen LogP contribution is 2.36. The summed E-state index contributed by atoms with van der Waals surface area (Å²) in [6, 6.07) is 0. The fraction of sp³-hybridized carbons (Fsp3) is 0.667. The van der Waals surface area contributed by atoms with Crippen molar-refractivity contribution in [2.45, 2.75) is 19.3 Å². The van der Waals surface area contributed by atoms with Crippen LogP contribution < -0.4 is 0 Å². The monoisotopic (exact) mass is 178 g/mol. The molecular formula is C6H10S3. The Morgan fingerprint density at radius 1 is 1.22 bits per heavy atom. The van der Waals surface area contributed by atoms with Crippen LogP contribution in [0.25, 0.3) is 0 Å². The summed E-state index contributed by atoms with van der Waals surface area (Å²) in [6.45, 7) is 0. The minimum Gasteiger partial charge on any atom is -0.0822 e. The van der Waals surface area contributed by atoms with E-state index >= 15 is 0 Å². The van der Waals surface area contributed by atoms with Gasteiger partial charge in [0.05, 0.1) is 0 Å². The van der Waals surface area contributed by atoms with Crippen molar-refractivity contribution in [3.63, 3.8) is 0 Å². The van der Waals surface area contributed by atoms with E-state index in [0.29, 0.717) is 0 Å². The molecule has 1 heterocycles. The third-order valence-corrected chi connectivity index (χ3v) is 4.95. The molecule has 0 atom stereocenters. The van der Waals surface area contributed by atoms with Crippen LogP contribution in [0.15, 0.2) is 11.5 Å². The van der Waals surface area contributed by atoms with Crippen molar-refractivity contribution in [2.75, 3.05) is 5.75 Å². The van der Waals surface area contributed by atoms with Crippen LogP contribution in [-0.2, 0) is 0 Å². The van der Waals surface area contributed by atoms with Crippen LogP contribution in [-0.4, -0.2) is 5.75 Å². The van der Waals surface area contributed by atoms with E-state index in [0.717, 1.165) is 0 Å². The van der Waals surface area contributed by atoms with Crippen molar-refractivity contribution < 1.29 is 0 Å². The summed E-state index contributed by atoms with van der Waals surface area (Å²) in [4.78, 5) is 0. The van der Waals surface area contributed by atoms with Crippen molar-refractivity contribution in [2.24, 2.45) is 0 Å². The van der Waals surface area contributed by atoms with Crippen LogP contribution in [0.3, 0.4) is 0 Å². The summed E-state index contributed by atoms with van der Waals surface area (Å²) in [5.41, 5.74) is 0. The summed E-state index contributed by atoms with van der Waals surface area (Å²) in [5.74, 6) is 1.32. The topological polar surface area (TPSA) is 0 Å². The van der Waals surface area contributed by atoms with Crippen LogP contribution in [0.1, 0.15) is 19.3 Å². The zero-order valence-corrected chi connectivity index (χ0v) is 7.66. The van der Waals surface area contributed by atoms with Gasteiger partial charge in [-0.3, -0.25) is 0 Å². The summed E-state index contributed by atoms with van der Waals surface area (Å²) >= 11 is 0. The molecule has 0 radical (unpaired) electrons. The van der Waals surface area contributed by atoms with Gasteiger partial charge in [-0.25, -0.2) is 0 Å². The molecule has 0 spiro atoms. The number of allylic oxidation sites excluding steroid dienone is 1. The fourth-order valence-electron chi connectivity index (χ4n) is 0.615. The van der Waals surface area contributed by atoms with Gasteiger partial charge in [0.25, 0.3) is 0 Å². The number of hydrogen-bond donors (Lipinski definition) is 0. The summed E-state index contributed by atoms with van der Waals surface area (Å²) in [7, 11) is 5.70.